The number of pyridine rings is 1. The number of rotatable bonds is 3. The first kappa shape index (κ1) is 13.9. The highest BCUT2D eigenvalue weighted by Gasteiger charge is 2.06. The second kappa shape index (κ2) is 6.18. The van der Waals surface area contributed by atoms with E-state index in [-0.39, 0.29) is 5.91 Å². The van der Waals surface area contributed by atoms with Crippen LogP contribution in [0, 0.1) is 0 Å². The predicted molar refractivity (Wildman–Crippen MR) is 87.9 cm³/mol. The van der Waals surface area contributed by atoms with Crippen molar-refractivity contribution in [2.45, 2.75) is 6.92 Å². The Labute approximate surface area is 128 Å². The van der Waals surface area contributed by atoms with E-state index in [1.807, 2.05) is 55.5 Å². The molecule has 0 unspecified atom stereocenters. The first-order valence-corrected chi connectivity index (χ1v) is 6.98. The van der Waals surface area contributed by atoms with Gasteiger partial charge in [-0.3, -0.25) is 9.78 Å². The first-order valence-electron chi connectivity index (χ1n) is 6.98. The van der Waals surface area contributed by atoms with Gasteiger partial charge >= 0.3 is 0 Å². The molecule has 0 spiro atoms. The van der Waals surface area contributed by atoms with E-state index in [9.17, 15) is 4.79 Å². The highest BCUT2D eigenvalue weighted by molar-refractivity contribution is 6.01. The minimum atomic E-state index is -0.228. The van der Waals surface area contributed by atoms with Crippen LogP contribution >= 0.6 is 0 Å². The molecular formula is C18H15N3O. The van der Waals surface area contributed by atoms with E-state index in [4.69, 9.17) is 0 Å². The molecule has 22 heavy (non-hydrogen) atoms. The third-order valence-electron chi connectivity index (χ3n) is 3.42. The van der Waals surface area contributed by atoms with Crippen LogP contribution in [0.1, 0.15) is 22.8 Å². The van der Waals surface area contributed by atoms with E-state index >= 15 is 0 Å². The van der Waals surface area contributed by atoms with Crippen LogP contribution in [0.15, 0.2) is 72.1 Å². The van der Waals surface area contributed by atoms with Crippen LogP contribution in [-0.2, 0) is 0 Å². The van der Waals surface area contributed by atoms with E-state index < -0.39 is 0 Å². The lowest BCUT2D eigenvalue weighted by molar-refractivity contribution is 0.0955. The lowest BCUT2D eigenvalue weighted by Gasteiger charge is -2.04. The minimum Gasteiger partial charge on any atom is -0.267 e. The highest BCUT2D eigenvalue weighted by atomic mass is 16.2. The van der Waals surface area contributed by atoms with Crippen LogP contribution in [0.3, 0.4) is 0 Å². The largest absolute Gasteiger partial charge is 0.271 e. The summed E-state index contributed by atoms with van der Waals surface area (Å²) in [6, 6.07) is 17.2. The summed E-state index contributed by atoms with van der Waals surface area (Å²) in [4.78, 5) is 16.2. The van der Waals surface area contributed by atoms with Gasteiger partial charge in [-0.2, -0.15) is 5.10 Å². The molecule has 1 amide bonds. The molecule has 1 aromatic heterocycles. The number of hydrogen-bond donors (Lipinski definition) is 1. The maximum absolute atomic E-state index is 12.2. The number of benzene rings is 2. The zero-order chi connectivity index (χ0) is 15.4. The fraction of sp³-hybridized carbons (Fsp3) is 0.0556. The predicted octanol–water partition coefficient (Wildman–Crippen LogP) is 3.39. The minimum absolute atomic E-state index is 0.228. The topological polar surface area (TPSA) is 54.4 Å². The van der Waals surface area contributed by atoms with Gasteiger partial charge in [0.2, 0.25) is 0 Å². The number of fused-ring (bicyclic) bond motifs is 1. The number of amides is 1. The zero-order valence-corrected chi connectivity index (χ0v) is 12.2. The Balaban J connectivity index is 1.78. The summed E-state index contributed by atoms with van der Waals surface area (Å²) in [5.41, 5.74) is 4.75. The highest BCUT2D eigenvalue weighted by Crippen LogP contribution is 2.15. The quantitative estimate of drug-likeness (QED) is 0.593. The van der Waals surface area contributed by atoms with Gasteiger partial charge in [0.15, 0.2) is 0 Å². The van der Waals surface area contributed by atoms with Crippen LogP contribution in [0.4, 0.5) is 0 Å². The molecule has 0 fully saturated rings. The summed E-state index contributed by atoms with van der Waals surface area (Å²) in [5, 5.41) is 6.26. The summed E-state index contributed by atoms with van der Waals surface area (Å²) in [6.45, 7) is 1.83. The third-order valence-corrected chi connectivity index (χ3v) is 3.42. The summed E-state index contributed by atoms with van der Waals surface area (Å²) in [6.07, 6.45) is 3.41. The molecule has 0 atom stereocenters. The van der Waals surface area contributed by atoms with Crippen molar-refractivity contribution in [2.75, 3.05) is 0 Å². The third kappa shape index (κ3) is 3.01. The van der Waals surface area contributed by atoms with Crippen LogP contribution in [0.25, 0.3) is 10.8 Å². The van der Waals surface area contributed by atoms with E-state index in [0.29, 0.717) is 11.3 Å². The smallest absolute Gasteiger partial charge is 0.267 e. The molecule has 1 N–H and O–H groups in total. The number of carbonyl (C=O) groups excluding carboxylic acids is 1. The SMILES string of the molecule is C/C(=N/NC(=O)c1ccc2ccccc2c1)c1cccnc1. The number of nitrogens with zero attached hydrogens (tertiary/aromatic N) is 2. The van der Waals surface area contributed by atoms with Crippen molar-refractivity contribution < 1.29 is 4.79 Å². The van der Waals surface area contributed by atoms with Crippen LogP contribution < -0.4 is 5.43 Å². The molecule has 108 valence electrons. The number of nitrogens with one attached hydrogen (secondary N) is 1. The molecule has 0 aliphatic heterocycles. The molecular weight excluding hydrogens is 274 g/mol. The van der Waals surface area contributed by atoms with Gasteiger partial charge in [0, 0.05) is 23.5 Å². The van der Waals surface area contributed by atoms with Gasteiger partial charge in [0.1, 0.15) is 0 Å². The van der Waals surface area contributed by atoms with Gasteiger partial charge in [-0.25, -0.2) is 5.43 Å². The van der Waals surface area contributed by atoms with Gasteiger partial charge in [-0.1, -0.05) is 36.4 Å². The van der Waals surface area contributed by atoms with Crippen LogP contribution in [0.5, 0.6) is 0 Å². The van der Waals surface area contributed by atoms with Gasteiger partial charge < -0.3 is 0 Å². The van der Waals surface area contributed by atoms with E-state index in [1.54, 1.807) is 18.5 Å². The van der Waals surface area contributed by atoms with Gasteiger partial charge in [-0.15, -0.1) is 0 Å². The number of hydrogen-bond acceptors (Lipinski definition) is 3. The van der Waals surface area contributed by atoms with Crippen molar-refractivity contribution in [2.24, 2.45) is 5.10 Å². The van der Waals surface area contributed by atoms with E-state index in [2.05, 4.69) is 15.5 Å². The fourth-order valence-electron chi connectivity index (χ4n) is 2.17. The van der Waals surface area contributed by atoms with Crippen LogP contribution in [0.2, 0.25) is 0 Å². The molecule has 0 saturated heterocycles. The number of hydrazone groups is 1. The average Bonchev–Trinajstić information content (AvgIpc) is 2.59. The van der Waals surface area contributed by atoms with Crippen molar-refractivity contribution >= 4 is 22.4 Å². The summed E-state index contributed by atoms with van der Waals surface area (Å²) in [5.74, 6) is -0.228. The molecule has 0 saturated carbocycles. The molecule has 4 heteroatoms. The Morgan fingerprint density at radius 2 is 1.82 bits per heavy atom. The Kier molecular flexibility index (Phi) is 3.92. The van der Waals surface area contributed by atoms with Crippen molar-refractivity contribution in [3.63, 3.8) is 0 Å². The molecule has 0 bridgehead atoms. The zero-order valence-electron chi connectivity index (χ0n) is 12.2. The second-order valence-corrected chi connectivity index (χ2v) is 4.94. The Hall–Kier alpha value is -3.01. The lowest BCUT2D eigenvalue weighted by Crippen LogP contribution is -2.19. The summed E-state index contributed by atoms with van der Waals surface area (Å²) >= 11 is 0. The van der Waals surface area contributed by atoms with E-state index in [1.165, 1.54) is 0 Å². The summed E-state index contributed by atoms with van der Waals surface area (Å²) < 4.78 is 0. The Morgan fingerprint density at radius 3 is 2.59 bits per heavy atom. The van der Waals surface area contributed by atoms with E-state index in [0.717, 1.165) is 16.3 Å². The lowest BCUT2D eigenvalue weighted by atomic mass is 10.1. The normalized spacial score (nSPS) is 11.4. The van der Waals surface area contributed by atoms with Gasteiger partial charge in [-0.05, 0) is 35.9 Å². The fourth-order valence-corrected chi connectivity index (χ4v) is 2.17. The van der Waals surface area contributed by atoms with Gasteiger partial charge in [0.25, 0.3) is 5.91 Å². The maximum atomic E-state index is 12.2. The summed E-state index contributed by atoms with van der Waals surface area (Å²) in [7, 11) is 0. The van der Waals surface area contributed by atoms with Crippen molar-refractivity contribution in [1.82, 2.24) is 10.4 Å². The van der Waals surface area contributed by atoms with Crippen molar-refractivity contribution in [3.05, 3.63) is 78.1 Å². The number of aromatic nitrogens is 1. The van der Waals surface area contributed by atoms with Gasteiger partial charge in [0.05, 0.1) is 5.71 Å². The second-order valence-electron chi connectivity index (χ2n) is 4.94. The van der Waals surface area contributed by atoms with Crippen molar-refractivity contribution in [3.8, 4) is 0 Å². The Morgan fingerprint density at radius 1 is 1.00 bits per heavy atom. The maximum Gasteiger partial charge on any atom is 0.271 e. The molecule has 0 aliphatic rings. The number of carbonyl (C=O) groups is 1. The molecule has 4 nitrogen and oxygen atoms in total. The standard InChI is InChI=1S/C18H15N3O/c1-13(17-7-4-10-19-12-17)20-21-18(22)16-9-8-14-5-2-3-6-15(14)11-16/h2-12H,1H3,(H,21,22)/b20-13-. The monoisotopic (exact) mass is 289 g/mol. The van der Waals surface area contributed by atoms with Crippen LogP contribution in [-0.4, -0.2) is 16.6 Å². The molecule has 1 heterocycles. The molecule has 2 aromatic carbocycles. The Bertz CT molecular complexity index is 841. The molecule has 3 aromatic rings. The first-order chi connectivity index (χ1) is 10.7. The molecule has 0 radical (unpaired) electrons. The molecule has 3 rings (SSSR count). The average molecular weight is 289 g/mol. The molecule has 0 aliphatic carbocycles. The van der Waals surface area contributed by atoms with Crippen molar-refractivity contribution in [1.29, 1.82) is 0 Å².